The molecule has 2 aromatic rings. The van der Waals surface area contributed by atoms with Gasteiger partial charge in [-0.15, -0.1) is 0 Å². The van der Waals surface area contributed by atoms with Crippen LogP contribution in [-0.4, -0.2) is 23.2 Å². The van der Waals surface area contributed by atoms with E-state index in [-0.39, 0.29) is 5.56 Å². The molecule has 0 aliphatic carbocycles. The van der Waals surface area contributed by atoms with Crippen molar-refractivity contribution >= 4 is 5.97 Å². The predicted octanol–water partition coefficient (Wildman–Crippen LogP) is 2.46. The number of ether oxygens (including phenoxy) is 1. The molecule has 0 unspecified atom stereocenters. The Balaban J connectivity index is 2.52. The number of benzene rings is 1. The monoisotopic (exact) mass is 229 g/mol. The number of carboxylic acids is 1. The Morgan fingerprint density at radius 1 is 1.29 bits per heavy atom. The van der Waals surface area contributed by atoms with E-state index >= 15 is 0 Å². The van der Waals surface area contributed by atoms with Gasteiger partial charge in [-0.1, -0.05) is 12.1 Å². The number of nitrogens with zero attached hydrogens (tertiary/aromatic N) is 1. The van der Waals surface area contributed by atoms with Crippen LogP contribution in [0.1, 0.15) is 10.4 Å². The maximum absolute atomic E-state index is 10.9. The minimum absolute atomic E-state index is 0.244. The molecule has 17 heavy (non-hydrogen) atoms. The molecule has 0 aliphatic rings. The number of pyridine rings is 1. The van der Waals surface area contributed by atoms with Gasteiger partial charge in [-0.25, -0.2) is 9.78 Å². The summed E-state index contributed by atoms with van der Waals surface area (Å²) in [5, 5.41) is 8.94. The Hall–Kier alpha value is -2.36. The van der Waals surface area contributed by atoms with Crippen molar-refractivity contribution in [1.29, 1.82) is 0 Å². The summed E-state index contributed by atoms with van der Waals surface area (Å²) in [5.74, 6) is -0.468. The van der Waals surface area contributed by atoms with Gasteiger partial charge in [-0.2, -0.15) is 0 Å². The molecule has 0 bridgehead atoms. The summed E-state index contributed by atoms with van der Waals surface area (Å²) in [6.45, 7) is 0. The molecular formula is C13H11NO3. The minimum atomic E-state index is -0.949. The molecule has 0 radical (unpaired) electrons. The quantitative estimate of drug-likeness (QED) is 0.878. The van der Waals surface area contributed by atoms with Crippen molar-refractivity contribution in [2.75, 3.05) is 7.11 Å². The number of methoxy groups -OCH3 is 1. The third-order valence-corrected chi connectivity index (χ3v) is 2.39. The molecule has 1 N–H and O–H groups in total. The van der Waals surface area contributed by atoms with Crippen molar-refractivity contribution in [3.63, 3.8) is 0 Å². The van der Waals surface area contributed by atoms with Gasteiger partial charge in [0.2, 0.25) is 5.88 Å². The Morgan fingerprint density at radius 2 is 2.12 bits per heavy atom. The Morgan fingerprint density at radius 3 is 2.82 bits per heavy atom. The maximum Gasteiger partial charge on any atom is 0.335 e. The number of aromatic carboxylic acids is 1. The summed E-state index contributed by atoms with van der Waals surface area (Å²) in [4.78, 5) is 15.0. The van der Waals surface area contributed by atoms with E-state index in [4.69, 9.17) is 9.84 Å². The molecule has 4 heteroatoms. The third kappa shape index (κ3) is 2.25. The first-order valence-electron chi connectivity index (χ1n) is 5.05. The zero-order valence-electron chi connectivity index (χ0n) is 9.25. The largest absolute Gasteiger partial charge is 0.481 e. The SMILES string of the molecule is COc1ncccc1-c1cccc(C(=O)O)c1. The van der Waals surface area contributed by atoms with Gasteiger partial charge in [-0.05, 0) is 29.8 Å². The summed E-state index contributed by atoms with van der Waals surface area (Å²) in [5.41, 5.74) is 1.79. The lowest BCUT2D eigenvalue weighted by Gasteiger charge is -2.07. The highest BCUT2D eigenvalue weighted by molar-refractivity contribution is 5.89. The number of hydrogen-bond acceptors (Lipinski definition) is 3. The summed E-state index contributed by atoms with van der Waals surface area (Å²) < 4.78 is 5.14. The van der Waals surface area contributed by atoms with Crippen LogP contribution in [0, 0.1) is 0 Å². The molecule has 4 nitrogen and oxygen atoms in total. The van der Waals surface area contributed by atoms with Crippen molar-refractivity contribution in [2.24, 2.45) is 0 Å². The van der Waals surface area contributed by atoms with Crippen molar-refractivity contribution in [3.8, 4) is 17.0 Å². The summed E-state index contributed by atoms with van der Waals surface area (Å²) in [7, 11) is 1.53. The zero-order valence-corrected chi connectivity index (χ0v) is 9.25. The van der Waals surface area contributed by atoms with Crippen molar-refractivity contribution < 1.29 is 14.6 Å². The van der Waals surface area contributed by atoms with Gasteiger partial charge in [0, 0.05) is 11.8 Å². The molecule has 0 amide bonds. The van der Waals surface area contributed by atoms with E-state index in [9.17, 15) is 4.79 Å². The van der Waals surface area contributed by atoms with Gasteiger partial charge in [0.15, 0.2) is 0 Å². The predicted molar refractivity (Wildman–Crippen MR) is 63.2 cm³/mol. The number of carbonyl (C=O) groups is 1. The first kappa shape index (κ1) is 11.1. The second-order valence-electron chi connectivity index (χ2n) is 3.45. The summed E-state index contributed by atoms with van der Waals surface area (Å²) in [6.07, 6.45) is 1.63. The summed E-state index contributed by atoms with van der Waals surface area (Å²) >= 11 is 0. The van der Waals surface area contributed by atoms with E-state index in [1.165, 1.54) is 7.11 Å². The van der Waals surface area contributed by atoms with Crippen LogP contribution in [0.15, 0.2) is 42.6 Å². The van der Waals surface area contributed by atoms with Crippen LogP contribution in [0.2, 0.25) is 0 Å². The Labute approximate surface area is 98.5 Å². The van der Waals surface area contributed by atoms with Crippen molar-refractivity contribution in [2.45, 2.75) is 0 Å². The van der Waals surface area contributed by atoms with Gasteiger partial charge in [0.05, 0.1) is 12.7 Å². The number of rotatable bonds is 3. The molecular weight excluding hydrogens is 218 g/mol. The van der Waals surface area contributed by atoms with E-state index in [0.717, 1.165) is 11.1 Å². The highest BCUT2D eigenvalue weighted by Gasteiger charge is 2.09. The fourth-order valence-electron chi connectivity index (χ4n) is 1.59. The first-order chi connectivity index (χ1) is 8.22. The Kier molecular flexibility index (Phi) is 3.05. The molecule has 0 fully saturated rings. The lowest BCUT2D eigenvalue weighted by Crippen LogP contribution is -1.96. The van der Waals surface area contributed by atoms with Crippen LogP contribution in [0.5, 0.6) is 5.88 Å². The average Bonchev–Trinajstić information content (AvgIpc) is 2.39. The van der Waals surface area contributed by atoms with Crippen molar-refractivity contribution in [1.82, 2.24) is 4.98 Å². The van der Waals surface area contributed by atoms with E-state index in [1.807, 2.05) is 12.1 Å². The standard InChI is InChI=1S/C13H11NO3/c1-17-12-11(6-3-7-14-12)9-4-2-5-10(8-9)13(15)16/h2-8H,1H3,(H,15,16). The van der Waals surface area contributed by atoms with Crippen LogP contribution < -0.4 is 4.74 Å². The molecule has 0 saturated carbocycles. The van der Waals surface area contributed by atoms with Crippen LogP contribution in [0.3, 0.4) is 0 Å². The highest BCUT2D eigenvalue weighted by Crippen LogP contribution is 2.27. The molecule has 1 aromatic heterocycles. The number of aromatic nitrogens is 1. The average molecular weight is 229 g/mol. The Bertz CT molecular complexity index is 552. The molecule has 0 saturated heterocycles. The lowest BCUT2D eigenvalue weighted by atomic mass is 10.0. The van der Waals surface area contributed by atoms with Gasteiger partial charge in [0.25, 0.3) is 0 Å². The number of carboxylic acid groups (broad SMARTS) is 1. The fourth-order valence-corrected chi connectivity index (χ4v) is 1.59. The van der Waals surface area contributed by atoms with Crippen LogP contribution in [0.4, 0.5) is 0 Å². The van der Waals surface area contributed by atoms with Crippen molar-refractivity contribution in [3.05, 3.63) is 48.2 Å². The smallest absolute Gasteiger partial charge is 0.335 e. The van der Waals surface area contributed by atoms with Gasteiger partial charge in [0.1, 0.15) is 0 Å². The van der Waals surface area contributed by atoms with Gasteiger partial charge >= 0.3 is 5.97 Å². The topological polar surface area (TPSA) is 59.4 Å². The normalized spacial score (nSPS) is 9.94. The molecule has 0 atom stereocenters. The first-order valence-corrected chi connectivity index (χ1v) is 5.05. The van der Waals surface area contributed by atoms with Gasteiger partial charge in [-0.3, -0.25) is 0 Å². The lowest BCUT2D eigenvalue weighted by molar-refractivity contribution is 0.0697. The molecule has 2 rings (SSSR count). The second kappa shape index (κ2) is 4.65. The van der Waals surface area contributed by atoms with E-state index in [0.29, 0.717) is 5.88 Å². The molecule has 1 heterocycles. The van der Waals surface area contributed by atoms with E-state index in [2.05, 4.69) is 4.98 Å². The van der Waals surface area contributed by atoms with Crippen LogP contribution in [0.25, 0.3) is 11.1 Å². The minimum Gasteiger partial charge on any atom is -0.481 e. The number of hydrogen-bond donors (Lipinski definition) is 1. The summed E-state index contributed by atoms with van der Waals surface area (Å²) in [6, 6.07) is 10.3. The second-order valence-corrected chi connectivity index (χ2v) is 3.45. The molecule has 1 aromatic carbocycles. The zero-order chi connectivity index (χ0) is 12.3. The highest BCUT2D eigenvalue weighted by atomic mass is 16.5. The van der Waals surface area contributed by atoms with Crippen LogP contribution >= 0.6 is 0 Å². The maximum atomic E-state index is 10.9. The van der Waals surface area contributed by atoms with Crippen LogP contribution in [-0.2, 0) is 0 Å². The molecule has 86 valence electrons. The fraction of sp³-hybridized carbons (Fsp3) is 0.0769. The molecule has 0 aliphatic heterocycles. The van der Waals surface area contributed by atoms with Gasteiger partial charge < -0.3 is 9.84 Å². The third-order valence-electron chi connectivity index (χ3n) is 2.39. The molecule has 0 spiro atoms. The van der Waals surface area contributed by atoms with E-state index in [1.54, 1.807) is 30.5 Å². The van der Waals surface area contributed by atoms with E-state index < -0.39 is 5.97 Å².